The van der Waals surface area contributed by atoms with Crippen molar-refractivity contribution in [3.63, 3.8) is 0 Å². The summed E-state index contributed by atoms with van der Waals surface area (Å²) < 4.78 is 4.92. The molecule has 1 rings (SSSR count). The SMILES string of the molecule is COCCCc1cnc(N)nc1N. The minimum Gasteiger partial charge on any atom is -0.385 e. The van der Waals surface area contributed by atoms with Crippen molar-refractivity contribution in [1.82, 2.24) is 9.97 Å². The number of aryl methyl sites for hydroxylation is 1. The third-order valence-corrected chi connectivity index (χ3v) is 1.71. The van der Waals surface area contributed by atoms with E-state index in [1.54, 1.807) is 13.3 Å². The molecule has 0 spiro atoms. The number of nitrogen functional groups attached to an aromatic ring is 2. The van der Waals surface area contributed by atoms with Gasteiger partial charge in [-0.15, -0.1) is 0 Å². The minimum absolute atomic E-state index is 0.216. The first-order chi connectivity index (χ1) is 6.24. The molecule has 0 unspecified atom stereocenters. The predicted molar refractivity (Wildman–Crippen MR) is 51.1 cm³/mol. The molecule has 0 aromatic carbocycles. The molecule has 0 saturated carbocycles. The first-order valence-corrected chi connectivity index (χ1v) is 4.10. The van der Waals surface area contributed by atoms with Gasteiger partial charge in [0.2, 0.25) is 5.95 Å². The smallest absolute Gasteiger partial charge is 0.221 e. The van der Waals surface area contributed by atoms with Crippen molar-refractivity contribution in [2.45, 2.75) is 12.8 Å². The van der Waals surface area contributed by atoms with Gasteiger partial charge in [0.15, 0.2) is 0 Å². The van der Waals surface area contributed by atoms with E-state index in [2.05, 4.69) is 9.97 Å². The Kier molecular flexibility index (Phi) is 3.45. The second kappa shape index (κ2) is 4.61. The van der Waals surface area contributed by atoms with E-state index in [9.17, 15) is 0 Å². The van der Waals surface area contributed by atoms with Gasteiger partial charge in [-0.3, -0.25) is 0 Å². The van der Waals surface area contributed by atoms with E-state index in [0.717, 1.165) is 18.4 Å². The van der Waals surface area contributed by atoms with E-state index >= 15 is 0 Å². The van der Waals surface area contributed by atoms with E-state index in [4.69, 9.17) is 16.2 Å². The number of methoxy groups -OCH3 is 1. The lowest BCUT2D eigenvalue weighted by Crippen LogP contribution is -2.04. The molecule has 1 heterocycles. The fourth-order valence-corrected chi connectivity index (χ4v) is 1.03. The Balaban J connectivity index is 2.56. The van der Waals surface area contributed by atoms with Crippen LogP contribution in [0.5, 0.6) is 0 Å². The third-order valence-electron chi connectivity index (χ3n) is 1.71. The number of anilines is 2. The van der Waals surface area contributed by atoms with E-state index in [-0.39, 0.29) is 5.95 Å². The molecule has 72 valence electrons. The molecule has 4 N–H and O–H groups in total. The second-order valence-corrected chi connectivity index (χ2v) is 2.74. The van der Waals surface area contributed by atoms with Crippen LogP contribution in [0.1, 0.15) is 12.0 Å². The fourth-order valence-electron chi connectivity index (χ4n) is 1.03. The van der Waals surface area contributed by atoms with E-state index < -0.39 is 0 Å². The lowest BCUT2D eigenvalue weighted by atomic mass is 10.2. The van der Waals surface area contributed by atoms with Gasteiger partial charge in [-0.1, -0.05) is 0 Å². The third kappa shape index (κ3) is 2.87. The first kappa shape index (κ1) is 9.73. The largest absolute Gasteiger partial charge is 0.385 e. The molecule has 13 heavy (non-hydrogen) atoms. The Morgan fingerprint density at radius 2 is 2.23 bits per heavy atom. The van der Waals surface area contributed by atoms with Crippen LogP contribution in [-0.2, 0) is 11.2 Å². The molecule has 0 amide bonds. The standard InChI is InChI=1S/C8H14N4O/c1-13-4-2-3-6-5-11-8(10)12-7(6)9/h5H,2-4H2,1H3,(H4,9,10,11,12). The average molecular weight is 182 g/mol. The number of hydrogen-bond donors (Lipinski definition) is 2. The maximum Gasteiger partial charge on any atom is 0.221 e. The van der Waals surface area contributed by atoms with Gasteiger partial charge < -0.3 is 16.2 Å². The molecule has 1 aromatic heterocycles. The Labute approximate surface area is 77.1 Å². The summed E-state index contributed by atoms with van der Waals surface area (Å²) in [5, 5.41) is 0. The van der Waals surface area contributed by atoms with Crippen LogP contribution in [0, 0.1) is 0 Å². The molecule has 0 aliphatic carbocycles. The molecule has 0 aliphatic heterocycles. The van der Waals surface area contributed by atoms with Gasteiger partial charge >= 0.3 is 0 Å². The Morgan fingerprint density at radius 3 is 2.85 bits per heavy atom. The van der Waals surface area contributed by atoms with Gasteiger partial charge in [0.1, 0.15) is 5.82 Å². The molecular formula is C8H14N4O. The molecule has 0 saturated heterocycles. The van der Waals surface area contributed by atoms with Crippen molar-refractivity contribution in [3.05, 3.63) is 11.8 Å². The van der Waals surface area contributed by atoms with Crippen molar-refractivity contribution >= 4 is 11.8 Å². The van der Waals surface area contributed by atoms with Gasteiger partial charge in [0.25, 0.3) is 0 Å². The zero-order valence-corrected chi connectivity index (χ0v) is 7.66. The number of rotatable bonds is 4. The Morgan fingerprint density at radius 1 is 1.46 bits per heavy atom. The molecule has 0 radical (unpaired) electrons. The van der Waals surface area contributed by atoms with Crippen molar-refractivity contribution < 1.29 is 4.74 Å². The van der Waals surface area contributed by atoms with Crippen molar-refractivity contribution in [1.29, 1.82) is 0 Å². The summed E-state index contributed by atoms with van der Waals surface area (Å²) in [7, 11) is 1.67. The van der Waals surface area contributed by atoms with Gasteiger partial charge in [-0.25, -0.2) is 4.98 Å². The lowest BCUT2D eigenvalue weighted by Gasteiger charge is -2.03. The Bertz CT molecular complexity index is 277. The Hall–Kier alpha value is -1.36. The highest BCUT2D eigenvalue weighted by molar-refractivity contribution is 5.41. The molecule has 0 atom stereocenters. The summed E-state index contributed by atoms with van der Waals surface area (Å²) in [6.45, 7) is 0.712. The van der Waals surface area contributed by atoms with Crippen molar-refractivity contribution in [3.8, 4) is 0 Å². The molecule has 0 aliphatic rings. The highest BCUT2D eigenvalue weighted by atomic mass is 16.5. The summed E-state index contributed by atoms with van der Waals surface area (Å²) in [6, 6.07) is 0. The maximum absolute atomic E-state index is 5.63. The average Bonchev–Trinajstić information content (AvgIpc) is 2.09. The summed E-state index contributed by atoms with van der Waals surface area (Å²) >= 11 is 0. The van der Waals surface area contributed by atoms with Crippen LogP contribution < -0.4 is 11.5 Å². The number of nitrogens with zero attached hydrogens (tertiary/aromatic N) is 2. The normalized spacial score (nSPS) is 10.2. The second-order valence-electron chi connectivity index (χ2n) is 2.74. The fraction of sp³-hybridized carbons (Fsp3) is 0.500. The number of ether oxygens (including phenoxy) is 1. The van der Waals surface area contributed by atoms with Crippen LogP contribution in [0.4, 0.5) is 11.8 Å². The molecule has 1 aromatic rings. The maximum atomic E-state index is 5.63. The predicted octanol–water partition coefficient (Wildman–Crippen LogP) is 0.220. The first-order valence-electron chi connectivity index (χ1n) is 4.10. The van der Waals surface area contributed by atoms with Gasteiger partial charge in [0, 0.05) is 25.5 Å². The summed E-state index contributed by atoms with van der Waals surface area (Å²) in [5.74, 6) is 0.677. The molecule has 5 heteroatoms. The molecule has 0 fully saturated rings. The van der Waals surface area contributed by atoms with E-state index in [0.29, 0.717) is 12.4 Å². The summed E-state index contributed by atoms with van der Waals surface area (Å²) in [5.41, 5.74) is 11.9. The van der Waals surface area contributed by atoms with E-state index in [1.165, 1.54) is 0 Å². The van der Waals surface area contributed by atoms with Crippen LogP contribution in [0.15, 0.2) is 6.20 Å². The number of aromatic nitrogens is 2. The van der Waals surface area contributed by atoms with Crippen LogP contribution in [-0.4, -0.2) is 23.7 Å². The van der Waals surface area contributed by atoms with Crippen molar-refractivity contribution in [2.75, 3.05) is 25.2 Å². The zero-order valence-electron chi connectivity index (χ0n) is 7.66. The lowest BCUT2D eigenvalue weighted by molar-refractivity contribution is 0.195. The topological polar surface area (TPSA) is 87.0 Å². The van der Waals surface area contributed by atoms with Gasteiger partial charge in [-0.2, -0.15) is 4.98 Å². The van der Waals surface area contributed by atoms with E-state index in [1.807, 2.05) is 0 Å². The number of nitrogens with two attached hydrogens (primary N) is 2. The van der Waals surface area contributed by atoms with Gasteiger partial charge in [0.05, 0.1) is 0 Å². The van der Waals surface area contributed by atoms with Crippen LogP contribution in [0.3, 0.4) is 0 Å². The minimum atomic E-state index is 0.216. The zero-order chi connectivity index (χ0) is 9.68. The van der Waals surface area contributed by atoms with Crippen molar-refractivity contribution in [2.24, 2.45) is 0 Å². The van der Waals surface area contributed by atoms with Crippen LogP contribution in [0.2, 0.25) is 0 Å². The van der Waals surface area contributed by atoms with Crippen LogP contribution >= 0.6 is 0 Å². The monoisotopic (exact) mass is 182 g/mol. The molecule has 5 nitrogen and oxygen atoms in total. The van der Waals surface area contributed by atoms with Gasteiger partial charge in [-0.05, 0) is 12.8 Å². The molecule has 0 bridgehead atoms. The molecular weight excluding hydrogens is 168 g/mol. The highest BCUT2D eigenvalue weighted by Gasteiger charge is 2.01. The summed E-state index contributed by atoms with van der Waals surface area (Å²) in [4.78, 5) is 7.72. The quantitative estimate of drug-likeness (QED) is 0.650. The summed E-state index contributed by atoms with van der Waals surface area (Å²) in [6.07, 6.45) is 3.39. The van der Waals surface area contributed by atoms with Crippen LogP contribution in [0.25, 0.3) is 0 Å². The number of hydrogen-bond acceptors (Lipinski definition) is 5. The highest BCUT2D eigenvalue weighted by Crippen LogP contribution is 2.10.